The van der Waals surface area contributed by atoms with Gasteiger partial charge in [0.15, 0.2) is 0 Å². The van der Waals surface area contributed by atoms with Gasteiger partial charge in [0, 0.05) is 15.5 Å². The Kier molecular flexibility index (Phi) is 4.84. The lowest BCUT2D eigenvalue weighted by atomic mass is 9.80. The molecule has 0 atom stereocenters. The second-order valence-electron chi connectivity index (χ2n) is 5.68. The van der Waals surface area contributed by atoms with E-state index in [0.717, 1.165) is 21.3 Å². The molecule has 102 valence electrons. The number of benzene rings is 1. The van der Waals surface area contributed by atoms with Crippen molar-refractivity contribution in [3.8, 4) is 5.75 Å². The molecule has 0 saturated carbocycles. The third-order valence-electron chi connectivity index (χ3n) is 3.40. The molecule has 0 aliphatic rings. The van der Waals surface area contributed by atoms with Crippen LogP contribution in [0, 0.1) is 6.92 Å². The Balaban J connectivity index is 3.66. The molecule has 0 aromatic heterocycles. The second kappa shape index (κ2) is 5.62. The van der Waals surface area contributed by atoms with Gasteiger partial charge < -0.3 is 9.84 Å². The minimum Gasteiger partial charge on any atom is -0.496 e. The van der Waals surface area contributed by atoms with Crippen LogP contribution < -0.4 is 4.74 Å². The summed E-state index contributed by atoms with van der Waals surface area (Å²) in [4.78, 5) is 0. The average molecular weight is 315 g/mol. The molecule has 0 radical (unpaired) electrons. The van der Waals surface area contributed by atoms with Crippen LogP contribution in [0.1, 0.15) is 50.3 Å². The predicted octanol–water partition coefficient (Wildman–Crippen LogP) is 4.16. The highest BCUT2D eigenvalue weighted by atomic mass is 79.9. The molecular weight excluding hydrogens is 292 g/mol. The Morgan fingerprint density at radius 3 is 2.33 bits per heavy atom. The summed E-state index contributed by atoms with van der Waals surface area (Å²) in [5.74, 6) is 1.29. The molecule has 0 bridgehead atoms. The Morgan fingerprint density at radius 1 is 1.39 bits per heavy atom. The van der Waals surface area contributed by atoms with E-state index in [-0.39, 0.29) is 12.0 Å². The van der Waals surface area contributed by atoms with Crippen LogP contribution in [0.25, 0.3) is 0 Å². The van der Waals surface area contributed by atoms with Crippen LogP contribution in [0.15, 0.2) is 10.5 Å². The molecule has 18 heavy (non-hydrogen) atoms. The van der Waals surface area contributed by atoms with Crippen molar-refractivity contribution < 1.29 is 9.84 Å². The van der Waals surface area contributed by atoms with E-state index in [0.29, 0.717) is 5.92 Å². The summed E-state index contributed by atoms with van der Waals surface area (Å²) in [6.07, 6.45) is 0. The first-order chi connectivity index (χ1) is 8.26. The van der Waals surface area contributed by atoms with Gasteiger partial charge in [0.1, 0.15) is 5.75 Å². The van der Waals surface area contributed by atoms with Crippen molar-refractivity contribution in [1.82, 2.24) is 0 Å². The standard InChI is InChI=1S/C15H23BrO2/c1-9(2)11-7-12(16)10(3)13(14(11)18-6)15(4,5)8-17/h7,9,17H,8H2,1-6H3. The smallest absolute Gasteiger partial charge is 0.126 e. The lowest BCUT2D eigenvalue weighted by molar-refractivity contribution is 0.214. The largest absolute Gasteiger partial charge is 0.496 e. The zero-order valence-electron chi connectivity index (χ0n) is 12.1. The van der Waals surface area contributed by atoms with Crippen LogP contribution in [0.4, 0.5) is 0 Å². The van der Waals surface area contributed by atoms with Crippen LogP contribution in [0.3, 0.4) is 0 Å². The zero-order valence-corrected chi connectivity index (χ0v) is 13.7. The normalized spacial score (nSPS) is 12.1. The summed E-state index contributed by atoms with van der Waals surface area (Å²) in [5.41, 5.74) is 3.08. The molecule has 0 amide bonds. The SMILES string of the molecule is COc1c(C(C)C)cc(Br)c(C)c1C(C)(C)CO. The molecule has 1 N–H and O–H groups in total. The maximum Gasteiger partial charge on any atom is 0.126 e. The Bertz CT molecular complexity index is 437. The number of halogens is 1. The van der Waals surface area contributed by atoms with Gasteiger partial charge in [0.25, 0.3) is 0 Å². The van der Waals surface area contributed by atoms with Gasteiger partial charge in [0.2, 0.25) is 0 Å². The number of methoxy groups -OCH3 is 1. The molecule has 0 fully saturated rings. The van der Waals surface area contributed by atoms with Gasteiger partial charge in [-0.2, -0.15) is 0 Å². The van der Waals surface area contributed by atoms with Gasteiger partial charge >= 0.3 is 0 Å². The number of aliphatic hydroxyl groups is 1. The highest BCUT2D eigenvalue weighted by Crippen LogP contribution is 2.42. The quantitative estimate of drug-likeness (QED) is 0.904. The summed E-state index contributed by atoms with van der Waals surface area (Å²) in [5, 5.41) is 9.64. The maximum absolute atomic E-state index is 9.64. The van der Waals surface area contributed by atoms with Crippen LogP contribution in [-0.2, 0) is 5.41 Å². The highest BCUT2D eigenvalue weighted by Gasteiger charge is 2.29. The van der Waals surface area contributed by atoms with E-state index in [1.165, 1.54) is 5.56 Å². The Labute approximate surface area is 118 Å². The summed E-state index contributed by atoms with van der Waals surface area (Å²) >= 11 is 3.61. The predicted molar refractivity (Wildman–Crippen MR) is 79.6 cm³/mol. The van der Waals surface area contributed by atoms with Gasteiger partial charge in [0.05, 0.1) is 13.7 Å². The van der Waals surface area contributed by atoms with Gasteiger partial charge in [-0.1, -0.05) is 43.6 Å². The van der Waals surface area contributed by atoms with Crippen molar-refractivity contribution in [1.29, 1.82) is 0 Å². The molecule has 0 aliphatic carbocycles. The lowest BCUT2D eigenvalue weighted by Crippen LogP contribution is -2.25. The zero-order chi connectivity index (χ0) is 14.1. The minimum absolute atomic E-state index is 0.0954. The molecule has 1 rings (SSSR count). The average Bonchev–Trinajstić information content (AvgIpc) is 2.31. The third kappa shape index (κ3) is 2.72. The van der Waals surface area contributed by atoms with Gasteiger partial charge in [-0.3, -0.25) is 0 Å². The van der Waals surface area contributed by atoms with E-state index in [1.54, 1.807) is 7.11 Å². The topological polar surface area (TPSA) is 29.5 Å². The molecular formula is C15H23BrO2. The van der Waals surface area contributed by atoms with E-state index in [2.05, 4.69) is 42.8 Å². The van der Waals surface area contributed by atoms with E-state index in [4.69, 9.17) is 4.74 Å². The molecule has 0 aliphatic heterocycles. The monoisotopic (exact) mass is 314 g/mol. The van der Waals surface area contributed by atoms with E-state index in [1.807, 2.05) is 13.8 Å². The summed E-state index contributed by atoms with van der Waals surface area (Å²) < 4.78 is 6.70. The van der Waals surface area contributed by atoms with Crippen molar-refractivity contribution in [2.45, 2.75) is 46.0 Å². The van der Waals surface area contributed by atoms with Crippen molar-refractivity contribution in [3.05, 3.63) is 27.2 Å². The first kappa shape index (κ1) is 15.5. The molecule has 3 heteroatoms. The van der Waals surface area contributed by atoms with Crippen molar-refractivity contribution in [3.63, 3.8) is 0 Å². The van der Waals surface area contributed by atoms with Crippen LogP contribution in [-0.4, -0.2) is 18.8 Å². The fourth-order valence-electron chi connectivity index (χ4n) is 2.29. The molecule has 0 heterocycles. The van der Waals surface area contributed by atoms with Crippen LogP contribution >= 0.6 is 15.9 Å². The van der Waals surface area contributed by atoms with E-state index in [9.17, 15) is 5.11 Å². The fraction of sp³-hybridized carbons (Fsp3) is 0.600. The first-order valence-corrected chi connectivity index (χ1v) is 7.03. The Hall–Kier alpha value is -0.540. The number of ether oxygens (including phenoxy) is 1. The van der Waals surface area contributed by atoms with Gasteiger partial charge in [-0.15, -0.1) is 0 Å². The Morgan fingerprint density at radius 2 is 1.94 bits per heavy atom. The highest BCUT2D eigenvalue weighted by molar-refractivity contribution is 9.10. The molecule has 0 saturated heterocycles. The number of aliphatic hydroxyl groups excluding tert-OH is 1. The first-order valence-electron chi connectivity index (χ1n) is 6.24. The van der Waals surface area contributed by atoms with Crippen LogP contribution in [0.2, 0.25) is 0 Å². The second-order valence-corrected chi connectivity index (χ2v) is 6.53. The molecule has 1 aromatic rings. The molecule has 0 spiro atoms. The molecule has 1 aromatic carbocycles. The van der Waals surface area contributed by atoms with E-state index >= 15 is 0 Å². The van der Waals surface area contributed by atoms with Crippen molar-refractivity contribution >= 4 is 15.9 Å². The summed E-state index contributed by atoms with van der Waals surface area (Å²) in [6.45, 7) is 10.5. The third-order valence-corrected chi connectivity index (χ3v) is 4.23. The fourth-order valence-corrected chi connectivity index (χ4v) is 2.73. The van der Waals surface area contributed by atoms with Gasteiger partial charge in [-0.05, 0) is 30.0 Å². The van der Waals surface area contributed by atoms with E-state index < -0.39 is 0 Å². The lowest BCUT2D eigenvalue weighted by Gasteiger charge is -2.29. The molecule has 2 nitrogen and oxygen atoms in total. The summed E-state index contributed by atoms with van der Waals surface area (Å²) in [6, 6.07) is 2.12. The van der Waals surface area contributed by atoms with Crippen molar-refractivity contribution in [2.24, 2.45) is 0 Å². The van der Waals surface area contributed by atoms with Gasteiger partial charge in [-0.25, -0.2) is 0 Å². The maximum atomic E-state index is 9.64. The summed E-state index contributed by atoms with van der Waals surface area (Å²) in [7, 11) is 1.70. The number of hydrogen-bond donors (Lipinski definition) is 1. The number of hydrogen-bond acceptors (Lipinski definition) is 2. The minimum atomic E-state index is -0.317. The molecule has 0 unspecified atom stereocenters. The van der Waals surface area contributed by atoms with Crippen LogP contribution in [0.5, 0.6) is 5.75 Å². The number of rotatable bonds is 4. The van der Waals surface area contributed by atoms with Crippen molar-refractivity contribution in [2.75, 3.05) is 13.7 Å².